The highest BCUT2D eigenvalue weighted by atomic mass is 15.2. The standard InChI is InChI=1S/C25H21N3/c1-2-9-17(10-3-1)24-20-13-8-14-21(20)26-25(27-24)28-22-15-6-4-11-18(22)19-12-5-7-16-23(19)28/h1-4,6,8-13,15-16,24H,5,7,14H2,(H,26,27). The van der Waals surface area contributed by atoms with Crippen LogP contribution < -0.4 is 15.9 Å². The van der Waals surface area contributed by atoms with Crippen LogP contribution in [0.25, 0.3) is 23.1 Å². The Morgan fingerprint density at radius 2 is 1.75 bits per heavy atom. The van der Waals surface area contributed by atoms with Gasteiger partial charge in [0.15, 0.2) is 0 Å². The van der Waals surface area contributed by atoms with Crippen LogP contribution in [0.1, 0.15) is 30.9 Å². The summed E-state index contributed by atoms with van der Waals surface area (Å²) in [6.07, 6.45) is 12.3. The van der Waals surface area contributed by atoms with Gasteiger partial charge in [-0.1, -0.05) is 72.8 Å². The van der Waals surface area contributed by atoms with Gasteiger partial charge in [-0.15, -0.1) is 0 Å². The summed E-state index contributed by atoms with van der Waals surface area (Å²) in [7, 11) is 0. The molecule has 136 valence electrons. The molecule has 0 spiro atoms. The summed E-state index contributed by atoms with van der Waals surface area (Å²) in [5, 5.41) is 7.56. The Morgan fingerprint density at radius 1 is 0.929 bits per heavy atom. The van der Waals surface area contributed by atoms with Crippen molar-refractivity contribution in [3.8, 4) is 0 Å². The number of hydrogen-bond donors (Lipinski definition) is 1. The number of benzene rings is 2. The normalized spacial score (nSPS) is 20.1. The predicted molar refractivity (Wildman–Crippen MR) is 115 cm³/mol. The number of allylic oxidation sites excluding steroid dienone is 1. The van der Waals surface area contributed by atoms with E-state index in [0.29, 0.717) is 0 Å². The van der Waals surface area contributed by atoms with Crippen LogP contribution in [0.5, 0.6) is 0 Å². The fourth-order valence-corrected chi connectivity index (χ4v) is 4.64. The number of nitrogens with zero attached hydrogens (tertiary/aromatic N) is 2. The lowest BCUT2D eigenvalue weighted by atomic mass is 9.98. The van der Waals surface area contributed by atoms with E-state index in [2.05, 4.69) is 88.8 Å². The van der Waals surface area contributed by atoms with Gasteiger partial charge in [0, 0.05) is 28.3 Å². The summed E-state index contributed by atoms with van der Waals surface area (Å²) < 4.78 is 2.32. The molecule has 1 N–H and O–H groups in total. The van der Waals surface area contributed by atoms with Crippen LogP contribution in [0.3, 0.4) is 0 Å². The van der Waals surface area contributed by atoms with Gasteiger partial charge in [0.1, 0.15) is 6.04 Å². The van der Waals surface area contributed by atoms with E-state index in [1.54, 1.807) is 0 Å². The highest BCUT2D eigenvalue weighted by molar-refractivity contribution is 5.97. The first-order valence-electron chi connectivity index (χ1n) is 10.00. The van der Waals surface area contributed by atoms with Crippen LogP contribution in [-0.2, 0) is 0 Å². The minimum atomic E-state index is 0.0376. The van der Waals surface area contributed by atoms with Crippen molar-refractivity contribution in [2.75, 3.05) is 0 Å². The van der Waals surface area contributed by atoms with E-state index in [1.807, 2.05) is 0 Å². The number of para-hydroxylation sites is 1. The molecule has 3 heteroatoms. The number of fused-ring (bicyclic) bond motifs is 3. The van der Waals surface area contributed by atoms with E-state index < -0.39 is 0 Å². The third-order valence-electron chi connectivity index (χ3n) is 5.91. The number of hydrogen-bond acceptors (Lipinski definition) is 2. The maximum Gasteiger partial charge on any atom is 0.208 e. The molecule has 0 fully saturated rings. The molecule has 3 nitrogen and oxygen atoms in total. The lowest BCUT2D eigenvalue weighted by Gasteiger charge is -2.26. The zero-order valence-electron chi connectivity index (χ0n) is 15.6. The van der Waals surface area contributed by atoms with Crippen LogP contribution in [-0.4, -0.2) is 10.5 Å². The number of nitrogens with one attached hydrogen (secondary N) is 1. The third-order valence-corrected chi connectivity index (χ3v) is 5.91. The van der Waals surface area contributed by atoms with E-state index in [9.17, 15) is 0 Å². The van der Waals surface area contributed by atoms with Crippen molar-refractivity contribution in [3.63, 3.8) is 0 Å². The van der Waals surface area contributed by atoms with Gasteiger partial charge in [0.05, 0.1) is 10.9 Å². The Hall–Kier alpha value is -3.33. The van der Waals surface area contributed by atoms with Crippen molar-refractivity contribution >= 4 is 29.0 Å². The molecule has 2 aromatic carbocycles. The van der Waals surface area contributed by atoms with Crippen LogP contribution in [0.15, 0.2) is 83.0 Å². The highest BCUT2D eigenvalue weighted by Gasteiger charge is 2.27. The molecule has 3 aromatic rings. The van der Waals surface area contributed by atoms with Crippen molar-refractivity contribution in [1.29, 1.82) is 0 Å². The van der Waals surface area contributed by atoms with Gasteiger partial charge in [0.25, 0.3) is 0 Å². The average Bonchev–Trinajstić information content (AvgIpc) is 3.36. The molecule has 3 aliphatic rings. The lowest BCUT2D eigenvalue weighted by Crippen LogP contribution is -2.42. The second kappa shape index (κ2) is 6.10. The second-order valence-electron chi connectivity index (χ2n) is 7.57. The molecule has 6 rings (SSSR count). The minimum absolute atomic E-state index is 0.0376. The van der Waals surface area contributed by atoms with E-state index >= 15 is 0 Å². The number of aliphatic imine (C=N–C) groups is 1. The summed E-state index contributed by atoms with van der Waals surface area (Å²) in [5.41, 5.74) is 5.01. The summed E-state index contributed by atoms with van der Waals surface area (Å²) in [5.74, 6) is 0.931. The van der Waals surface area contributed by atoms with Gasteiger partial charge in [0.2, 0.25) is 5.96 Å². The van der Waals surface area contributed by atoms with Crippen molar-refractivity contribution in [2.45, 2.75) is 25.3 Å². The predicted octanol–water partition coefficient (Wildman–Crippen LogP) is 3.76. The SMILES string of the molecule is C1=CC2=C(C1)NC(n1c3c(c4ccccc41)=CCCC=3)=NC2c1ccccc1. The first kappa shape index (κ1) is 15.7. The molecule has 0 amide bonds. The van der Waals surface area contributed by atoms with Crippen LogP contribution in [0, 0.1) is 0 Å². The van der Waals surface area contributed by atoms with E-state index in [0.717, 1.165) is 25.2 Å². The molecule has 1 atom stereocenters. The first-order chi connectivity index (χ1) is 13.9. The molecule has 0 bridgehead atoms. The topological polar surface area (TPSA) is 29.3 Å². The molecule has 0 radical (unpaired) electrons. The van der Waals surface area contributed by atoms with Crippen molar-refractivity contribution in [1.82, 2.24) is 9.88 Å². The quantitative estimate of drug-likeness (QED) is 0.701. The fraction of sp³-hybridized carbons (Fsp3) is 0.160. The Labute approximate surface area is 163 Å². The Balaban J connectivity index is 1.61. The Morgan fingerprint density at radius 3 is 2.68 bits per heavy atom. The molecule has 0 saturated carbocycles. The molecule has 28 heavy (non-hydrogen) atoms. The molecular weight excluding hydrogens is 342 g/mol. The first-order valence-corrected chi connectivity index (χ1v) is 10.00. The highest BCUT2D eigenvalue weighted by Crippen LogP contribution is 2.35. The van der Waals surface area contributed by atoms with E-state index in [-0.39, 0.29) is 6.04 Å². The van der Waals surface area contributed by atoms with Crippen molar-refractivity contribution in [3.05, 3.63) is 94.2 Å². The van der Waals surface area contributed by atoms with Gasteiger partial charge < -0.3 is 5.32 Å². The van der Waals surface area contributed by atoms with Gasteiger partial charge in [-0.05, 0) is 24.5 Å². The van der Waals surface area contributed by atoms with Gasteiger partial charge in [-0.3, -0.25) is 4.57 Å². The monoisotopic (exact) mass is 363 g/mol. The summed E-state index contributed by atoms with van der Waals surface area (Å²) in [4.78, 5) is 5.22. The zero-order valence-corrected chi connectivity index (χ0v) is 15.6. The lowest BCUT2D eigenvalue weighted by molar-refractivity contribution is 0.780. The molecule has 1 unspecified atom stereocenters. The summed E-state index contributed by atoms with van der Waals surface area (Å²) in [6, 6.07) is 19.3. The summed E-state index contributed by atoms with van der Waals surface area (Å²) >= 11 is 0. The summed E-state index contributed by atoms with van der Waals surface area (Å²) in [6.45, 7) is 0. The molecule has 0 saturated heterocycles. The molecule has 1 aromatic heterocycles. The largest absolute Gasteiger partial charge is 0.329 e. The van der Waals surface area contributed by atoms with Crippen LogP contribution in [0.4, 0.5) is 0 Å². The van der Waals surface area contributed by atoms with Gasteiger partial charge in [-0.25, -0.2) is 4.99 Å². The van der Waals surface area contributed by atoms with Crippen LogP contribution >= 0.6 is 0 Å². The number of aromatic nitrogens is 1. The van der Waals surface area contributed by atoms with Crippen LogP contribution in [0.2, 0.25) is 0 Å². The maximum absolute atomic E-state index is 5.22. The Kier molecular flexibility index (Phi) is 3.42. The smallest absolute Gasteiger partial charge is 0.208 e. The van der Waals surface area contributed by atoms with E-state index in [4.69, 9.17) is 4.99 Å². The molecule has 2 aliphatic carbocycles. The number of rotatable bonds is 1. The molecular formula is C25H21N3. The maximum atomic E-state index is 5.22. The zero-order chi connectivity index (χ0) is 18.5. The average molecular weight is 363 g/mol. The third kappa shape index (κ3) is 2.26. The van der Waals surface area contributed by atoms with Gasteiger partial charge >= 0.3 is 0 Å². The van der Waals surface area contributed by atoms with Gasteiger partial charge in [-0.2, -0.15) is 0 Å². The Bertz CT molecular complexity index is 1300. The molecule has 2 heterocycles. The van der Waals surface area contributed by atoms with E-state index in [1.165, 1.54) is 38.3 Å². The van der Waals surface area contributed by atoms with Crippen molar-refractivity contribution in [2.24, 2.45) is 4.99 Å². The molecule has 1 aliphatic heterocycles. The second-order valence-corrected chi connectivity index (χ2v) is 7.57. The minimum Gasteiger partial charge on any atom is -0.329 e. The van der Waals surface area contributed by atoms with Crippen molar-refractivity contribution < 1.29 is 0 Å². The fourth-order valence-electron chi connectivity index (χ4n) is 4.64.